The second kappa shape index (κ2) is 4.74. The number of benzene rings is 1. The van der Waals surface area contributed by atoms with E-state index in [0.717, 1.165) is 28.9 Å². The van der Waals surface area contributed by atoms with Crippen molar-refractivity contribution in [2.24, 2.45) is 5.73 Å². The van der Waals surface area contributed by atoms with Crippen LogP contribution in [0.15, 0.2) is 18.2 Å². The van der Waals surface area contributed by atoms with Crippen molar-refractivity contribution in [1.29, 1.82) is 0 Å². The third-order valence-electron chi connectivity index (χ3n) is 4.68. The van der Waals surface area contributed by atoms with Crippen molar-refractivity contribution in [3.8, 4) is 0 Å². The highest BCUT2D eigenvalue weighted by Gasteiger charge is 2.33. The van der Waals surface area contributed by atoms with Gasteiger partial charge in [-0.15, -0.1) is 0 Å². The SMILES string of the molecule is NC1CCCC(c2nc3cccc(Cl)c3n2C2CC2)C1. The van der Waals surface area contributed by atoms with E-state index in [-0.39, 0.29) is 0 Å². The molecule has 2 unspecified atom stereocenters. The van der Waals surface area contributed by atoms with Gasteiger partial charge < -0.3 is 10.3 Å². The van der Waals surface area contributed by atoms with E-state index in [2.05, 4.69) is 10.6 Å². The van der Waals surface area contributed by atoms with Crippen molar-refractivity contribution < 1.29 is 0 Å². The number of para-hydroxylation sites is 1. The molecule has 0 saturated heterocycles. The maximum Gasteiger partial charge on any atom is 0.113 e. The number of rotatable bonds is 2. The Morgan fingerprint density at radius 2 is 2.05 bits per heavy atom. The first-order chi connectivity index (χ1) is 9.74. The molecule has 2 atom stereocenters. The molecular formula is C16H20ClN3. The Balaban J connectivity index is 1.86. The molecule has 1 aromatic heterocycles. The van der Waals surface area contributed by atoms with E-state index in [9.17, 15) is 0 Å². The van der Waals surface area contributed by atoms with Gasteiger partial charge in [-0.2, -0.15) is 0 Å². The monoisotopic (exact) mass is 289 g/mol. The highest BCUT2D eigenvalue weighted by Crippen LogP contribution is 2.44. The van der Waals surface area contributed by atoms with Gasteiger partial charge in [0.15, 0.2) is 0 Å². The fraction of sp³-hybridized carbons (Fsp3) is 0.562. The van der Waals surface area contributed by atoms with Crippen molar-refractivity contribution in [2.45, 2.75) is 56.5 Å². The molecule has 4 rings (SSSR count). The van der Waals surface area contributed by atoms with Gasteiger partial charge in [0.25, 0.3) is 0 Å². The third kappa shape index (κ3) is 2.04. The summed E-state index contributed by atoms with van der Waals surface area (Å²) >= 11 is 6.43. The Kier molecular flexibility index (Phi) is 3.00. The molecule has 0 bridgehead atoms. The number of hydrogen-bond acceptors (Lipinski definition) is 2. The zero-order chi connectivity index (χ0) is 13.7. The average molecular weight is 290 g/mol. The molecule has 2 aliphatic rings. The fourth-order valence-corrected chi connectivity index (χ4v) is 3.84. The van der Waals surface area contributed by atoms with E-state index in [4.69, 9.17) is 22.3 Å². The summed E-state index contributed by atoms with van der Waals surface area (Å²) in [6.07, 6.45) is 7.15. The summed E-state index contributed by atoms with van der Waals surface area (Å²) in [5, 5.41) is 0.827. The summed E-state index contributed by atoms with van der Waals surface area (Å²) < 4.78 is 2.42. The lowest BCUT2D eigenvalue weighted by Gasteiger charge is -2.26. The van der Waals surface area contributed by atoms with E-state index in [1.54, 1.807) is 0 Å². The molecule has 3 nitrogen and oxygen atoms in total. The van der Waals surface area contributed by atoms with Gasteiger partial charge in [-0.3, -0.25) is 0 Å². The summed E-state index contributed by atoms with van der Waals surface area (Å²) in [6, 6.07) is 6.98. The first kappa shape index (κ1) is 12.7. The van der Waals surface area contributed by atoms with Crippen molar-refractivity contribution in [3.05, 3.63) is 29.0 Å². The van der Waals surface area contributed by atoms with Crippen molar-refractivity contribution in [3.63, 3.8) is 0 Å². The van der Waals surface area contributed by atoms with Crippen LogP contribution in [0.25, 0.3) is 11.0 Å². The Morgan fingerprint density at radius 3 is 2.80 bits per heavy atom. The van der Waals surface area contributed by atoms with Crippen LogP contribution in [0.4, 0.5) is 0 Å². The van der Waals surface area contributed by atoms with Crippen molar-refractivity contribution in [1.82, 2.24) is 9.55 Å². The normalized spacial score (nSPS) is 27.1. The van der Waals surface area contributed by atoms with E-state index < -0.39 is 0 Å². The number of halogens is 1. The molecule has 0 spiro atoms. The Bertz CT molecular complexity index is 644. The number of aromatic nitrogens is 2. The van der Waals surface area contributed by atoms with Crippen LogP contribution < -0.4 is 5.73 Å². The van der Waals surface area contributed by atoms with Crippen LogP contribution in [-0.4, -0.2) is 15.6 Å². The maximum atomic E-state index is 6.43. The molecule has 0 amide bonds. The van der Waals surface area contributed by atoms with E-state index in [1.165, 1.54) is 31.5 Å². The fourth-order valence-electron chi connectivity index (χ4n) is 3.58. The quantitative estimate of drug-likeness (QED) is 0.908. The van der Waals surface area contributed by atoms with Crippen molar-refractivity contribution in [2.75, 3.05) is 0 Å². The first-order valence-electron chi connectivity index (χ1n) is 7.66. The summed E-state index contributed by atoms with van der Waals surface area (Å²) in [5.41, 5.74) is 8.34. The summed E-state index contributed by atoms with van der Waals surface area (Å²) in [6.45, 7) is 0. The van der Waals surface area contributed by atoms with Crippen LogP contribution in [0, 0.1) is 0 Å². The third-order valence-corrected chi connectivity index (χ3v) is 4.99. The van der Waals surface area contributed by atoms with Crippen molar-refractivity contribution >= 4 is 22.6 Å². The molecular weight excluding hydrogens is 270 g/mol. The molecule has 2 saturated carbocycles. The lowest BCUT2D eigenvalue weighted by Crippen LogP contribution is -2.28. The molecule has 0 aliphatic heterocycles. The lowest BCUT2D eigenvalue weighted by molar-refractivity contribution is 0.374. The van der Waals surface area contributed by atoms with Crippen LogP contribution in [0.5, 0.6) is 0 Å². The standard InChI is InChI=1S/C16H20ClN3/c17-13-5-2-6-14-15(13)20(12-7-8-12)16(19-14)10-3-1-4-11(18)9-10/h2,5-6,10-12H,1,3-4,7-9,18H2. The Hall–Kier alpha value is -1.06. The molecule has 2 aromatic rings. The number of nitrogens with zero attached hydrogens (tertiary/aromatic N) is 2. The van der Waals surface area contributed by atoms with Crippen LogP contribution in [-0.2, 0) is 0 Å². The highest BCUT2D eigenvalue weighted by molar-refractivity contribution is 6.35. The number of fused-ring (bicyclic) bond motifs is 1. The van der Waals surface area contributed by atoms with Gasteiger partial charge in [-0.1, -0.05) is 24.1 Å². The topological polar surface area (TPSA) is 43.8 Å². The van der Waals surface area contributed by atoms with E-state index >= 15 is 0 Å². The van der Waals surface area contributed by atoms with Crippen LogP contribution in [0.2, 0.25) is 5.02 Å². The summed E-state index contributed by atoms with van der Waals surface area (Å²) in [7, 11) is 0. The molecule has 1 heterocycles. The molecule has 106 valence electrons. The van der Waals surface area contributed by atoms with Gasteiger partial charge in [0.2, 0.25) is 0 Å². The average Bonchev–Trinajstić information content (AvgIpc) is 3.19. The van der Waals surface area contributed by atoms with E-state index in [0.29, 0.717) is 18.0 Å². The Morgan fingerprint density at radius 1 is 1.20 bits per heavy atom. The van der Waals surface area contributed by atoms with Gasteiger partial charge in [0.05, 0.1) is 16.1 Å². The molecule has 20 heavy (non-hydrogen) atoms. The number of imidazole rings is 1. The van der Waals surface area contributed by atoms with Crippen LogP contribution >= 0.6 is 11.6 Å². The lowest BCUT2D eigenvalue weighted by atomic mass is 9.85. The van der Waals surface area contributed by atoms with Gasteiger partial charge in [0, 0.05) is 18.0 Å². The Labute approximate surface area is 124 Å². The minimum absolute atomic E-state index is 0.330. The second-order valence-corrected chi connectivity index (χ2v) is 6.71. The zero-order valence-corrected chi connectivity index (χ0v) is 12.3. The summed E-state index contributed by atoms with van der Waals surface area (Å²) in [5.74, 6) is 1.73. The van der Waals surface area contributed by atoms with Gasteiger partial charge >= 0.3 is 0 Å². The largest absolute Gasteiger partial charge is 0.328 e. The van der Waals surface area contributed by atoms with E-state index in [1.807, 2.05) is 12.1 Å². The predicted octanol–water partition coefficient (Wildman–Crippen LogP) is 4.01. The number of hydrogen-bond donors (Lipinski definition) is 1. The molecule has 2 aliphatic carbocycles. The van der Waals surface area contributed by atoms with Crippen LogP contribution in [0.1, 0.15) is 56.3 Å². The summed E-state index contributed by atoms with van der Waals surface area (Å²) in [4.78, 5) is 4.92. The highest BCUT2D eigenvalue weighted by atomic mass is 35.5. The predicted molar refractivity (Wildman–Crippen MR) is 82.2 cm³/mol. The van der Waals surface area contributed by atoms with Crippen LogP contribution in [0.3, 0.4) is 0 Å². The number of nitrogens with two attached hydrogens (primary N) is 1. The molecule has 2 N–H and O–H groups in total. The van der Waals surface area contributed by atoms with Gasteiger partial charge in [-0.05, 0) is 44.2 Å². The smallest absolute Gasteiger partial charge is 0.113 e. The molecule has 2 fully saturated rings. The minimum atomic E-state index is 0.330. The molecule has 1 aromatic carbocycles. The first-order valence-corrected chi connectivity index (χ1v) is 8.04. The van der Waals surface area contributed by atoms with Gasteiger partial charge in [-0.25, -0.2) is 4.98 Å². The minimum Gasteiger partial charge on any atom is -0.328 e. The maximum absolute atomic E-state index is 6.43. The van der Waals surface area contributed by atoms with Gasteiger partial charge in [0.1, 0.15) is 5.82 Å². The molecule has 0 radical (unpaired) electrons. The zero-order valence-electron chi connectivity index (χ0n) is 11.6. The molecule has 4 heteroatoms. The second-order valence-electron chi connectivity index (χ2n) is 6.30.